The van der Waals surface area contributed by atoms with Gasteiger partial charge in [-0.15, -0.1) is 0 Å². The first-order valence-electron chi connectivity index (χ1n) is 9.64. The van der Waals surface area contributed by atoms with Crippen LogP contribution in [0.2, 0.25) is 0 Å². The van der Waals surface area contributed by atoms with Gasteiger partial charge < -0.3 is 10.6 Å². The smallest absolute Gasteiger partial charge is 0.233 e. The average Bonchev–Trinajstić information content (AvgIpc) is 3.44. The number of nitrogens with one attached hydrogen (secondary N) is 2. The summed E-state index contributed by atoms with van der Waals surface area (Å²) in [5.74, 6) is 0.977. The van der Waals surface area contributed by atoms with Gasteiger partial charge >= 0.3 is 0 Å². The number of hydrogen-bond acceptors (Lipinski definition) is 4. The Morgan fingerprint density at radius 1 is 1.15 bits per heavy atom. The first kappa shape index (κ1) is 17.8. The maximum absolute atomic E-state index is 12.6. The molecule has 2 amide bonds. The molecule has 144 valence electrons. The normalized spacial score (nSPS) is 28.9. The highest BCUT2D eigenvalue weighted by atomic mass is 16.2. The average molecular weight is 370 g/mol. The Balaban J connectivity index is 1.20. The lowest BCUT2D eigenvalue weighted by Crippen LogP contribution is -2.44. The number of imide groups is 1. The summed E-state index contributed by atoms with van der Waals surface area (Å²) < 4.78 is 1.89. The number of amides is 2. The monoisotopic (exact) mass is 370 g/mol. The Hall–Kier alpha value is -2.64. The third-order valence-corrected chi connectivity index (χ3v) is 5.83. The number of nitrogens with zero attached hydrogens (tertiary/aromatic N) is 4. The minimum Gasteiger partial charge on any atom is -0.356 e. The Morgan fingerprint density at radius 2 is 1.85 bits per heavy atom. The lowest BCUT2D eigenvalue weighted by atomic mass is 9.85. The lowest BCUT2D eigenvalue weighted by molar-refractivity contribution is -0.140. The van der Waals surface area contributed by atoms with E-state index in [4.69, 9.17) is 0 Å². The number of allylic oxidation sites excluding steroid dienone is 2. The molecule has 1 aromatic heterocycles. The van der Waals surface area contributed by atoms with E-state index in [1.165, 1.54) is 4.90 Å². The Morgan fingerprint density at radius 3 is 2.48 bits per heavy atom. The summed E-state index contributed by atoms with van der Waals surface area (Å²) in [4.78, 5) is 30.9. The van der Waals surface area contributed by atoms with E-state index < -0.39 is 0 Å². The van der Waals surface area contributed by atoms with Crippen molar-refractivity contribution in [3.63, 3.8) is 0 Å². The molecule has 0 spiro atoms. The van der Waals surface area contributed by atoms with Gasteiger partial charge in [0, 0.05) is 45.6 Å². The van der Waals surface area contributed by atoms with Crippen LogP contribution in [0.5, 0.6) is 0 Å². The lowest BCUT2D eigenvalue weighted by Gasteiger charge is -2.18. The number of aromatic nitrogens is 2. The van der Waals surface area contributed by atoms with E-state index in [0.29, 0.717) is 19.0 Å². The molecule has 1 aromatic rings. The zero-order chi connectivity index (χ0) is 18.8. The van der Waals surface area contributed by atoms with E-state index in [9.17, 15) is 9.59 Å². The SMILES string of the molecule is CN=C(NCCCn1cccn1)NCCN1C(=O)C2C3C=CC(C3)C2C1=O. The van der Waals surface area contributed by atoms with Crippen molar-refractivity contribution in [3.8, 4) is 0 Å². The van der Waals surface area contributed by atoms with Crippen LogP contribution in [0.3, 0.4) is 0 Å². The second-order valence-electron chi connectivity index (χ2n) is 7.38. The predicted molar refractivity (Wildman–Crippen MR) is 101 cm³/mol. The van der Waals surface area contributed by atoms with Gasteiger partial charge in [0.05, 0.1) is 11.8 Å². The Labute approximate surface area is 158 Å². The molecule has 4 unspecified atom stereocenters. The fourth-order valence-electron chi connectivity index (χ4n) is 4.57. The molecule has 1 aliphatic heterocycles. The standard InChI is InChI=1S/C19H26N6O2/c1-20-19(21-6-2-9-24-10-3-7-23-24)22-8-11-25-17(26)15-13-4-5-14(12-13)16(15)18(25)27/h3-5,7,10,13-16H,2,6,8-9,11-12H2,1H3,(H2,20,21,22). The quantitative estimate of drug-likeness (QED) is 0.236. The van der Waals surface area contributed by atoms with Gasteiger partial charge in [0.25, 0.3) is 0 Å². The van der Waals surface area contributed by atoms with E-state index in [1.807, 2.05) is 16.9 Å². The molecule has 2 N–H and O–H groups in total. The third-order valence-electron chi connectivity index (χ3n) is 5.83. The van der Waals surface area contributed by atoms with Gasteiger partial charge in [-0.25, -0.2) is 0 Å². The largest absolute Gasteiger partial charge is 0.356 e. The molecular formula is C19H26N6O2. The Bertz CT molecular complexity index is 726. The van der Waals surface area contributed by atoms with Crippen molar-refractivity contribution in [3.05, 3.63) is 30.6 Å². The first-order chi connectivity index (χ1) is 13.2. The molecule has 4 atom stereocenters. The minimum absolute atomic E-state index is 0.00539. The number of rotatable bonds is 7. The third kappa shape index (κ3) is 3.36. The van der Waals surface area contributed by atoms with Crippen LogP contribution in [0.25, 0.3) is 0 Å². The summed E-state index contributed by atoms with van der Waals surface area (Å²) in [6.45, 7) is 2.49. The zero-order valence-electron chi connectivity index (χ0n) is 15.5. The van der Waals surface area contributed by atoms with Gasteiger partial charge in [-0.1, -0.05) is 12.2 Å². The van der Waals surface area contributed by atoms with Crippen LogP contribution in [0.4, 0.5) is 0 Å². The van der Waals surface area contributed by atoms with Gasteiger partial charge in [0.15, 0.2) is 5.96 Å². The van der Waals surface area contributed by atoms with Crippen LogP contribution < -0.4 is 10.6 Å². The van der Waals surface area contributed by atoms with Gasteiger partial charge in [-0.2, -0.15) is 5.10 Å². The first-order valence-corrected chi connectivity index (χ1v) is 9.64. The van der Waals surface area contributed by atoms with Crippen molar-refractivity contribution in [2.75, 3.05) is 26.7 Å². The van der Waals surface area contributed by atoms with Crippen LogP contribution in [0.15, 0.2) is 35.6 Å². The Kier molecular flexibility index (Phi) is 4.96. The molecule has 2 heterocycles. The number of likely N-dealkylation sites (tertiary alicyclic amines) is 1. The predicted octanol–water partition coefficient (Wildman–Crippen LogP) is 0.245. The number of carbonyl (C=O) groups is 2. The molecule has 2 bridgehead atoms. The number of fused-ring (bicyclic) bond motifs is 5. The van der Waals surface area contributed by atoms with Crippen molar-refractivity contribution in [2.45, 2.75) is 19.4 Å². The van der Waals surface area contributed by atoms with E-state index in [0.717, 1.165) is 25.9 Å². The summed E-state index contributed by atoms with van der Waals surface area (Å²) >= 11 is 0. The van der Waals surface area contributed by atoms with Crippen molar-refractivity contribution < 1.29 is 9.59 Å². The van der Waals surface area contributed by atoms with Crippen LogP contribution >= 0.6 is 0 Å². The molecule has 27 heavy (non-hydrogen) atoms. The molecule has 8 heteroatoms. The zero-order valence-corrected chi connectivity index (χ0v) is 15.5. The maximum atomic E-state index is 12.6. The molecule has 0 radical (unpaired) electrons. The molecular weight excluding hydrogens is 344 g/mol. The second-order valence-corrected chi connectivity index (χ2v) is 7.38. The van der Waals surface area contributed by atoms with E-state index in [1.54, 1.807) is 13.2 Å². The minimum atomic E-state index is -0.118. The maximum Gasteiger partial charge on any atom is 0.233 e. The molecule has 3 aliphatic rings. The van der Waals surface area contributed by atoms with Crippen molar-refractivity contribution in [2.24, 2.45) is 28.7 Å². The number of hydrogen-bond donors (Lipinski definition) is 2. The van der Waals surface area contributed by atoms with Crippen molar-refractivity contribution in [1.82, 2.24) is 25.3 Å². The summed E-state index contributed by atoms with van der Waals surface area (Å²) in [5, 5.41) is 10.6. The van der Waals surface area contributed by atoms with E-state index >= 15 is 0 Å². The molecule has 0 aromatic carbocycles. The van der Waals surface area contributed by atoms with Gasteiger partial charge in [-0.05, 0) is 30.7 Å². The highest BCUT2D eigenvalue weighted by Gasteiger charge is 2.58. The summed E-state index contributed by atoms with van der Waals surface area (Å²) in [6.07, 6.45) is 9.83. The van der Waals surface area contributed by atoms with Gasteiger partial charge in [0.2, 0.25) is 11.8 Å². The van der Waals surface area contributed by atoms with Gasteiger partial charge in [0.1, 0.15) is 0 Å². The number of aliphatic imine (C=N–C) groups is 1. The van der Waals surface area contributed by atoms with Crippen LogP contribution in [-0.4, -0.2) is 59.1 Å². The van der Waals surface area contributed by atoms with E-state index in [-0.39, 0.29) is 35.5 Å². The molecule has 2 fully saturated rings. The molecule has 1 saturated heterocycles. The molecule has 4 rings (SSSR count). The fraction of sp³-hybridized carbons (Fsp3) is 0.579. The molecule has 2 aliphatic carbocycles. The number of carbonyl (C=O) groups excluding carboxylic acids is 2. The topological polar surface area (TPSA) is 91.6 Å². The second kappa shape index (κ2) is 7.54. The van der Waals surface area contributed by atoms with Crippen LogP contribution in [0, 0.1) is 23.7 Å². The van der Waals surface area contributed by atoms with Gasteiger partial charge in [-0.3, -0.25) is 24.2 Å². The summed E-state index contributed by atoms with van der Waals surface area (Å²) in [7, 11) is 1.71. The van der Waals surface area contributed by atoms with Crippen LogP contribution in [-0.2, 0) is 16.1 Å². The van der Waals surface area contributed by atoms with Crippen LogP contribution in [0.1, 0.15) is 12.8 Å². The molecule has 8 nitrogen and oxygen atoms in total. The summed E-state index contributed by atoms with van der Waals surface area (Å²) in [5.41, 5.74) is 0. The van der Waals surface area contributed by atoms with E-state index in [2.05, 4.69) is 32.9 Å². The fourth-order valence-corrected chi connectivity index (χ4v) is 4.57. The number of aryl methyl sites for hydroxylation is 1. The highest BCUT2D eigenvalue weighted by molar-refractivity contribution is 6.06. The van der Waals surface area contributed by atoms with Crippen molar-refractivity contribution >= 4 is 17.8 Å². The number of guanidine groups is 1. The van der Waals surface area contributed by atoms with Crippen molar-refractivity contribution in [1.29, 1.82) is 0 Å². The molecule has 1 saturated carbocycles. The summed E-state index contributed by atoms with van der Waals surface area (Å²) in [6, 6.07) is 1.91. The highest BCUT2D eigenvalue weighted by Crippen LogP contribution is 2.52.